The number of carboxylic acid groups (broad SMARTS) is 1. The van der Waals surface area contributed by atoms with Crippen LogP contribution in [0.3, 0.4) is 0 Å². The van der Waals surface area contributed by atoms with E-state index in [-0.39, 0.29) is 24.9 Å². The average molecular weight is 622 g/mol. The molecule has 214 valence electrons. The summed E-state index contributed by atoms with van der Waals surface area (Å²) in [7, 11) is 0. The van der Waals surface area contributed by atoms with E-state index in [0.29, 0.717) is 22.0 Å². The van der Waals surface area contributed by atoms with Gasteiger partial charge in [-0.25, -0.2) is 4.98 Å². The van der Waals surface area contributed by atoms with E-state index in [2.05, 4.69) is 30.9 Å². The van der Waals surface area contributed by atoms with E-state index in [0.717, 1.165) is 49.1 Å². The number of amides is 1. The zero-order valence-corrected chi connectivity index (χ0v) is 23.6. The first-order chi connectivity index (χ1) is 19.0. The van der Waals surface area contributed by atoms with Crippen molar-refractivity contribution in [3.05, 3.63) is 63.6 Å². The number of hydrogen-bond acceptors (Lipinski definition) is 5. The number of nitrogens with zero attached hydrogens (tertiary/aromatic N) is 2. The molecule has 40 heavy (non-hydrogen) atoms. The third-order valence-electron chi connectivity index (χ3n) is 7.10. The first-order valence-corrected chi connectivity index (χ1v) is 14.0. The van der Waals surface area contributed by atoms with Gasteiger partial charge >= 0.3 is 12.3 Å². The van der Waals surface area contributed by atoms with Crippen LogP contribution in [-0.4, -0.2) is 48.0 Å². The molecule has 0 unspecified atom stereocenters. The predicted molar refractivity (Wildman–Crippen MR) is 150 cm³/mol. The van der Waals surface area contributed by atoms with E-state index in [9.17, 15) is 27.9 Å². The number of anilines is 1. The molecule has 0 saturated carbocycles. The van der Waals surface area contributed by atoms with Crippen molar-refractivity contribution in [1.29, 1.82) is 0 Å². The van der Waals surface area contributed by atoms with Crippen LogP contribution in [0.4, 0.5) is 19.0 Å². The van der Waals surface area contributed by atoms with Gasteiger partial charge in [-0.2, -0.15) is 0 Å². The molecule has 1 fully saturated rings. The molecule has 1 amide bonds. The Labute approximate surface area is 238 Å². The van der Waals surface area contributed by atoms with Gasteiger partial charge in [-0.05, 0) is 56.0 Å². The molecule has 2 aromatic carbocycles. The van der Waals surface area contributed by atoms with E-state index in [1.54, 1.807) is 6.07 Å². The summed E-state index contributed by atoms with van der Waals surface area (Å²) in [5.41, 5.74) is 1.98. The second-order valence-electron chi connectivity index (χ2n) is 9.92. The first-order valence-electron chi connectivity index (χ1n) is 13.2. The molecular weight excluding hydrogens is 591 g/mol. The lowest BCUT2D eigenvalue weighted by Crippen LogP contribution is -2.31. The monoisotopic (exact) mass is 621 g/mol. The van der Waals surface area contributed by atoms with Crippen LogP contribution in [0.2, 0.25) is 0 Å². The van der Waals surface area contributed by atoms with Gasteiger partial charge in [0.15, 0.2) is 0 Å². The van der Waals surface area contributed by atoms with Gasteiger partial charge in [-0.15, -0.1) is 13.2 Å². The van der Waals surface area contributed by atoms with E-state index in [4.69, 9.17) is 4.98 Å². The number of ether oxygens (including phenoxy) is 1. The van der Waals surface area contributed by atoms with E-state index < -0.39 is 29.9 Å². The van der Waals surface area contributed by atoms with E-state index in [1.165, 1.54) is 18.2 Å². The summed E-state index contributed by atoms with van der Waals surface area (Å²) in [5, 5.41) is 12.8. The van der Waals surface area contributed by atoms with Gasteiger partial charge in [0.2, 0.25) is 0 Å². The Morgan fingerprint density at radius 2 is 1.82 bits per heavy atom. The molecule has 1 saturated heterocycles. The number of carbonyl (C=O) groups is 2. The van der Waals surface area contributed by atoms with Crippen LogP contribution in [0.25, 0.3) is 10.9 Å². The van der Waals surface area contributed by atoms with Crippen molar-refractivity contribution in [2.75, 3.05) is 24.5 Å². The SMILES string of the molecule is Cc1c(N2CCCCCC2)nc2ccc(Br)cc2c1C(=O)NC[C@@H](CCC(=O)O)c1ccccc1OC(F)(F)F. The number of fused-ring (bicyclic) bond motifs is 1. The Hall–Kier alpha value is -3.34. The van der Waals surface area contributed by atoms with Gasteiger partial charge in [-0.3, -0.25) is 9.59 Å². The lowest BCUT2D eigenvalue weighted by Gasteiger charge is -2.26. The molecular formula is C29H31BrF3N3O4. The number of para-hydroxylation sites is 1. The maximum atomic E-state index is 13.8. The topological polar surface area (TPSA) is 91.8 Å². The lowest BCUT2D eigenvalue weighted by molar-refractivity contribution is -0.275. The number of carboxylic acids is 1. The maximum absolute atomic E-state index is 13.8. The Balaban J connectivity index is 1.68. The number of aliphatic carboxylic acids is 1. The number of alkyl halides is 3. The fourth-order valence-corrected chi connectivity index (χ4v) is 5.57. The molecule has 7 nitrogen and oxygen atoms in total. The van der Waals surface area contributed by atoms with Crippen molar-refractivity contribution in [3.8, 4) is 5.75 Å². The summed E-state index contributed by atoms with van der Waals surface area (Å²) in [6.45, 7) is 3.45. The second kappa shape index (κ2) is 12.9. The number of pyridine rings is 1. The molecule has 3 aromatic rings. The average Bonchev–Trinajstić information content (AvgIpc) is 3.17. The quantitative estimate of drug-likeness (QED) is 0.268. The second-order valence-corrected chi connectivity index (χ2v) is 10.8. The highest BCUT2D eigenvalue weighted by Crippen LogP contribution is 2.35. The number of nitrogens with one attached hydrogen (secondary N) is 1. The molecule has 0 radical (unpaired) electrons. The molecule has 2 N–H and O–H groups in total. The highest BCUT2D eigenvalue weighted by molar-refractivity contribution is 9.10. The number of rotatable bonds is 9. The van der Waals surface area contributed by atoms with Gasteiger partial charge in [0, 0.05) is 47.4 Å². The molecule has 11 heteroatoms. The fourth-order valence-electron chi connectivity index (χ4n) is 5.21. The summed E-state index contributed by atoms with van der Waals surface area (Å²) >= 11 is 3.47. The van der Waals surface area contributed by atoms with Crippen LogP contribution in [0.5, 0.6) is 5.75 Å². The van der Waals surface area contributed by atoms with Crippen molar-refractivity contribution < 1.29 is 32.6 Å². The van der Waals surface area contributed by atoms with Crippen molar-refractivity contribution in [2.24, 2.45) is 0 Å². The largest absolute Gasteiger partial charge is 0.573 e. The Bertz CT molecular complexity index is 1370. The molecule has 0 spiro atoms. The predicted octanol–water partition coefficient (Wildman–Crippen LogP) is 6.96. The molecule has 0 bridgehead atoms. The Morgan fingerprint density at radius 3 is 2.50 bits per heavy atom. The standard InChI is InChI=1S/C29H31BrF3N3O4/c1-18-26(22-16-20(30)11-12-23(22)35-27(18)36-14-6-2-3-7-15-36)28(39)34-17-19(10-13-25(37)38)21-8-4-5-9-24(21)40-29(31,32)33/h4-5,8-9,11-12,16,19H,2-3,6-7,10,13-15,17H2,1H3,(H,34,39)(H,37,38)/t19-/m1/s1. The van der Waals surface area contributed by atoms with Gasteiger partial charge in [0.25, 0.3) is 5.91 Å². The van der Waals surface area contributed by atoms with Gasteiger partial charge < -0.3 is 20.1 Å². The minimum Gasteiger partial charge on any atom is -0.481 e. The maximum Gasteiger partial charge on any atom is 0.573 e. The summed E-state index contributed by atoms with van der Waals surface area (Å²) in [4.78, 5) is 32.2. The van der Waals surface area contributed by atoms with Gasteiger partial charge in [0.1, 0.15) is 11.6 Å². The molecule has 2 heterocycles. The van der Waals surface area contributed by atoms with Crippen LogP contribution in [-0.2, 0) is 4.79 Å². The van der Waals surface area contributed by atoms with Crippen molar-refractivity contribution in [2.45, 2.75) is 57.7 Å². The van der Waals surface area contributed by atoms with Crippen LogP contribution >= 0.6 is 15.9 Å². The zero-order chi connectivity index (χ0) is 28.9. The normalized spacial score (nSPS) is 15.0. The highest BCUT2D eigenvalue weighted by Gasteiger charge is 2.33. The highest BCUT2D eigenvalue weighted by atomic mass is 79.9. The molecule has 1 aliphatic rings. The fraction of sp³-hybridized carbons (Fsp3) is 0.414. The van der Waals surface area contributed by atoms with Crippen molar-refractivity contribution in [3.63, 3.8) is 0 Å². The molecule has 1 aliphatic heterocycles. The van der Waals surface area contributed by atoms with E-state index >= 15 is 0 Å². The first kappa shape index (κ1) is 29.6. The Kier molecular flexibility index (Phi) is 9.55. The molecule has 1 atom stereocenters. The van der Waals surface area contributed by atoms with Crippen LogP contribution < -0.4 is 15.0 Å². The van der Waals surface area contributed by atoms with Crippen LogP contribution in [0, 0.1) is 6.92 Å². The van der Waals surface area contributed by atoms with Gasteiger partial charge in [-0.1, -0.05) is 47.0 Å². The lowest BCUT2D eigenvalue weighted by atomic mass is 9.93. The third kappa shape index (κ3) is 7.44. The zero-order valence-electron chi connectivity index (χ0n) is 22.1. The summed E-state index contributed by atoms with van der Waals surface area (Å²) < 4.78 is 44.2. The van der Waals surface area contributed by atoms with Crippen LogP contribution in [0.1, 0.15) is 65.9 Å². The third-order valence-corrected chi connectivity index (χ3v) is 7.59. The number of halogens is 4. The van der Waals surface area contributed by atoms with E-state index in [1.807, 2.05) is 25.1 Å². The number of hydrogen-bond donors (Lipinski definition) is 2. The van der Waals surface area contributed by atoms with Crippen molar-refractivity contribution >= 4 is 44.5 Å². The molecule has 1 aromatic heterocycles. The number of benzene rings is 2. The van der Waals surface area contributed by atoms with Crippen molar-refractivity contribution in [1.82, 2.24) is 10.3 Å². The minimum absolute atomic E-state index is 0.00843. The van der Waals surface area contributed by atoms with Crippen LogP contribution in [0.15, 0.2) is 46.9 Å². The minimum atomic E-state index is -4.92. The molecule has 0 aliphatic carbocycles. The smallest absolute Gasteiger partial charge is 0.481 e. The Morgan fingerprint density at radius 1 is 1.12 bits per heavy atom. The molecule has 4 rings (SSSR count). The van der Waals surface area contributed by atoms with Gasteiger partial charge in [0.05, 0.1) is 11.1 Å². The summed E-state index contributed by atoms with van der Waals surface area (Å²) in [6, 6.07) is 11.1. The summed E-state index contributed by atoms with van der Waals surface area (Å²) in [5.74, 6) is -1.91. The number of carbonyl (C=O) groups excluding carboxylic acids is 1. The number of aromatic nitrogens is 1. The summed E-state index contributed by atoms with van der Waals surface area (Å²) in [6.07, 6.45) is -0.849.